The Balaban J connectivity index is 0. The van der Waals surface area contributed by atoms with Crippen molar-refractivity contribution in [1.82, 2.24) is 0 Å². The van der Waals surface area contributed by atoms with Crippen molar-refractivity contribution in [1.29, 1.82) is 0 Å². The molecule has 0 bridgehead atoms. The fourth-order valence-electron chi connectivity index (χ4n) is 1.75. The molecule has 0 radical (unpaired) electrons. The number of carbonyl (C=O) groups is 1. The van der Waals surface area contributed by atoms with E-state index in [9.17, 15) is 10.2 Å². The molecule has 4 N–H and O–H groups in total. The van der Waals surface area contributed by atoms with Crippen LogP contribution in [0.2, 0.25) is 0 Å². The summed E-state index contributed by atoms with van der Waals surface area (Å²) in [5.41, 5.74) is 3.63. The molecule has 0 aromatic heterocycles. The summed E-state index contributed by atoms with van der Waals surface area (Å²) in [6.45, 7) is 11.5. The minimum absolute atomic E-state index is 0.250. The summed E-state index contributed by atoms with van der Waals surface area (Å²) >= 11 is 4.21. The van der Waals surface area contributed by atoms with E-state index in [1.165, 1.54) is 12.8 Å². The first-order chi connectivity index (χ1) is 11.1. The van der Waals surface area contributed by atoms with Crippen LogP contribution in [0.1, 0.15) is 53.9 Å². The van der Waals surface area contributed by atoms with E-state index in [1.54, 1.807) is 13.0 Å². The van der Waals surface area contributed by atoms with Gasteiger partial charge in [0.25, 0.3) is 0 Å². The number of allylic oxidation sites excluding steroid dienone is 1. The Hall–Kier alpha value is -0.720. The number of aliphatic hydroxyl groups excluding tert-OH is 2. The highest BCUT2D eigenvalue weighted by atomic mass is 32.1. The first kappa shape index (κ1) is 25.5. The summed E-state index contributed by atoms with van der Waals surface area (Å²) in [5, 5.41) is 19.1. The SMILES string of the molecule is CC(C)C/C=C(\O)C(C)(C)C(C)O.NC=O.SCC1CCOCC1. The van der Waals surface area contributed by atoms with Crippen LogP contribution in [0.25, 0.3) is 0 Å². The molecule has 0 aliphatic carbocycles. The van der Waals surface area contributed by atoms with Crippen molar-refractivity contribution in [2.24, 2.45) is 23.0 Å². The fraction of sp³-hybridized carbons (Fsp3) is 0.833. The van der Waals surface area contributed by atoms with Crippen LogP contribution in [-0.2, 0) is 9.53 Å². The second-order valence-electron chi connectivity index (χ2n) is 6.99. The van der Waals surface area contributed by atoms with Gasteiger partial charge in [-0.15, -0.1) is 0 Å². The molecular weight excluding hydrogens is 326 g/mol. The van der Waals surface area contributed by atoms with Crippen LogP contribution in [0.4, 0.5) is 0 Å². The smallest absolute Gasteiger partial charge is 0.204 e. The molecule has 1 saturated heterocycles. The van der Waals surface area contributed by atoms with Crippen molar-refractivity contribution >= 4 is 19.0 Å². The molecule has 1 aliphatic rings. The fourth-order valence-corrected chi connectivity index (χ4v) is 2.12. The van der Waals surface area contributed by atoms with Crippen molar-refractivity contribution in [3.8, 4) is 0 Å². The molecule has 24 heavy (non-hydrogen) atoms. The summed E-state index contributed by atoms with van der Waals surface area (Å²) in [4.78, 5) is 8.58. The van der Waals surface area contributed by atoms with Gasteiger partial charge in [0.1, 0.15) is 0 Å². The minimum atomic E-state index is -0.533. The third kappa shape index (κ3) is 12.7. The van der Waals surface area contributed by atoms with Crippen molar-refractivity contribution < 1.29 is 19.7 Å². The lowest BCUT2D eigenvalue weighted by Crippen LogP contribution is -2.28. The number of amides is 1. The molecule has 6 heteroatoms. The third-order valence-corrected chi connectivity index (χ3v) is 4.60. The van der Waals surface area contributed by atoms with Crippen molar-refractivity contribution in [2.75, 3.05) is 19.0 Å². The van der Waals surface area contributed by atoms with E-state index in [0.717, 1.165) is 31.3 Å². The average molecular weight is 364 g/mol. The second-order valence-corrected chi connectivity index (χ2v) is 7.36. The van der Waals surface area contributed by atoms with Gasteiger partial charge in [-0.25, -0.2) is 0 Å². The number of hydrogen-bond acceptors (Lipinski definition) is 5. The number of aliphatic hydroxyl groups is 2. The summed E-state index contributed by atoms with van der Waals surface area (Å²) in [5.74, 6) is 2.68. The van der Waals surface area contributed by atoms with Gasteiger partial charge in [0.2, 0.25) is 6.41 Å². The Morgan fingerprint density at radius 2 is 1.79 bits per heavy atom. The molecule has 1 fully saturated rings. The highest BCUT2D eigenvalue weighted by molar-refractivity contribution is 7.80. The van der Waals surface area contributed by atoms with Gasteiger partial charge in [0.05, 0.1) is 11.9 Å². The van der Waals surface area contributed by atoms with E-state index in [2.05, 4.69) is 32.2 Å². The van der Waals surface area contributed by atoms with Gasteiger partial charge in [0, 0.05) is 18.6 Å². The van der Waals surface area contributed by atoms with E-state index in [4.69, 9.17) is 9.53 Å². The van der Waals surface area contributed by atoms with Crippen molar-refractivity contribution in [3.63, 3.8) is 0 Å². The molecule has 0 spiro atoms. The molecule has 0 saturated carbocycles. The van der Waals surface area contributed by atoms with Gasteiger partial charge in [-0.1, -0.05) is 27.7 Å². The Morgan fingerprint density at radius 3 is 2.08 bits per heavy atom. The van der Waals surface area contributed by atoms with Gasteiger partial charge < -0.3 is 20.7 Å². The van der Waals surface area contributed by atoms with Gasteiger partial charge in [0.15, 0.2) is 0 Å². The summed E-state index contributed by atoms with van der Waals surface area (Å²) in [6.07, 6.45) is 4.79. The standard InChI is InChI=1S/C11H22O2.C6H12OS.CH3NO/c1-8(2)6-7-10(13)11(4,5)9(3)12;8-5-6-1-3-7-4-2-6;2-1-3/h7-9,12-13H,6H2,1-5H3;6,8H,1-5H2;1H,(H2,2,3)/b10-7-;;. The molecule has 1 rings (SSSR count). The van der Waals surface area contributed by atoms with E-state index in [-0.39, 0.29) is 12.2 Å². The number of primary amides is 1. The number of ether oxygens (including phenoxy) is 1. The zero-order chi connectivity index (χ0) is 19.2. The third-order valence-electron chi connectivity index (χ3n) is 4.09. The van der Waals surface area contributed by atoms with Crippen LogP contribution in [0.3, 0.4) is 0 Å². The largest absolute Gasteiger partial charge is 0.512 e. The van der Waals surface area contributed by atoms with Crippen LogP contribution >= 0.6 is 12.6 Å². The first-order valence-corrected chi connectivity index (χ1v) is 9.18. The maximum Gasteiger partial charge on any atom is 0.204 e. The van der Waals surface area contributed by atoms with Crippen molar-refractivity contribution in [2.45, 2.75) is 60.0 Å². The van der Waals surface area contributed by atoms with Gasteiger partial charge in [-0.2, -0.15) is 12.6 Å². The molecule has 5 nitrogen and oxygen atoms in total. The Kier molecular flexibility index (Phi) is 15.5. The lowest BCUT2D eigenvalue weighted by atomic mass is 9.84. The molecule has 0 aromatic carbocycles. The van der Waals surface area contributed by atoms with Crippen LogP contribution in [0, 0.1) is 17.3 Å². The van der Waals surface area contributed by atoms with Crippen LogP contribution in [0.5, 0.6) is 0 Å². The van der Waals surface area contributed by atoms with E-state index in [0.29, 0.717) is 5.92 Å². The Labute approximate surface area is 153 Å². The second kappa shape index (κ2) is 14.6. The maximum absolute atomic E-state index is 9.70. The molecule has 1 atom stereocenters. The van der Waals surface area contributed by atoms with E-state index >= 15 is 0 Å². The van der Waals surface area contributed by atoms with Crippen LogP contribution < -0.4 is 5.73 Å². The number of hydrogen-bond donors (Lipinski definition) is 4. The first-order valence-electron chi connectivity index (χ1n) is 8.55. The minimum Gasteiger partial charge on any atom is -0.512 e. The maximum atomic E-state index is 9.70. The predicted molar refractivity (Wildman–Crippen MR) is 103 cm³/mol. The molecule has 1 aliphatic heterocycles. The zero-order valence-electron chi connectivity index (χ0n) is 15.9. The van der Waals surface area contributed by atoms with Crippen molar-refractivity contribution in [3.05, 3.63) is 11.8 Å². The lowest BCUT2D eigenvalue weighted by molar-refractivity contribution is -0.106. The normalized spacial score (nSPS) is 17.2. The summed E-state index contributed by atoms with van der Waals surface area (Å²) in [7, 11) is 0. The predicted octanol–water partition coefficient (Wildman–Crippen LogP) is 3.33. The number of nitrogens with two attached hydrogens (primary N) is 1. The number of rotatable bonds is 5. The number of thiol groups is 1. The van der Waals surface area contributed by atoms with Crippen LogP contribution in [-0.4, -0.2) is 41.7 Å². The van der Waals surface area contributed by atoms with Gasteiger partial charge in [-0.3, -0.25) is 4.79 Å². The lowest BCUT2D eigenvalue weighted by Gasteiger charge is -2.27. The molecule has 0 aromatic rings. The monoisotopic (exact) mass is 363 g/mol. The topological polar surface area (TPSA) is 92.8 Å². The van der Waals surface area contributed by atoms with E-state index in [1.807, 2.05) is 13.8 Å². The molecular formula is C18H37NO4S. The molecule has 144 valence electrons. The van der Waals surface area contributed by atoms with Gasteiger partial charge in [-0.05, 0) is 49.9 Å². The number of carbonyl (C=O) groups excluding carboxylic acids is 1. The average Bonchev–Trinajstić information content (AvgIpc) is 2.54. The Bertz CT molecular complexity index is 338. The van der Waals surface area contributed by atoms with E-state index < -0.39 is 11.5 Å². The molecule has 1 unspecified atom stereocenters. The van der Waals surface area contributed by atoms with Crippen LogP contribution in [0.15, 0.2) is 11.8 Å². The molecule has 1 amide bonds. The van der Waals surface area contributed by atoms with Gasteiger partial charge >= 0.3 is 0 Å². The quantitative estimate of drug-likeness (QED) is 0.342. The Morgan fingerprint density at radius 1 is 1.33 bits per heavy atom. The highest BCUT2D eigenvalue weighted by Crippen LogP contribution is 2.28. The summed E-state index contributed by atoms with van der Waals surface area (Å²) in [6, 6.07) is 0. The molecule has 1 heterocycles. The summed E-state index contributed by atoms with van der Waals surface area (Å²) < 4.78 is 5.17. The highest BCUT2D eigenvalue weighted by Gasteiger charge is 2.28. The zero-order valence-corrected chi connectivity index (χ0v) is 16.8.